The van der Waals surface area contributed by atoms with E-state index in [1.165, 1.54) is 6.07 Å². The summed E-state index contributed by atoms with van der Waals surface area (Å²) < 4.78 is 10.5. The van der Waals surface area contributed by atoms with Crippen LogP contribution < -0.4 is 10.4 Å². The van der Waals surface area contributed by atoms with Crippen molar-refractivity contribution in [1.29, 1.82) is 0 Å². The lowest BCUT2D eigenvalue weighted by Gasteiger charge is -2.13. The van der Waals surface area contributed by atoms with Gasteiger partial charge in [0.1, 0.15) is 17.9 Å². The van der Waals surface area contributed by atoms with E-state index in [4.69, 9.17) is 9.15 Å². The molecule has 2 aromatic rings. The van der Waals surface area contributed by atoms with Crippen molar-refractivity contribution in [2.24, 2.45) is 0 Å². The van der Waals surface area contributed by atoms with Gasteiger partial charge in [0.25, 0.3) is 0 Å². The van der Waals surface area contributed by atoms with Gasteiger partial charge in [0.2, 0.25) is 0 Å². The van der Waals surface area contributed by atoms with Gasteiger partial charge in [0.05, 0.1) is 0 Å². The fourth-order valence-corrected chi connectivity index (χ4v) is 1.75. The smallest absolute Gasteiger partial charge is 0.336 e. The van der Waals surface area contributed by atoms with Crippen LogP contribution in [0.2, 0.25) is 0 Å². The Labute approximate surface area is 85.6 Å². The highest BCUT2D eigenvalue weighted by atomic mass is 16.5. The molecule has 0 atom stereocenters. The molecular formula is C12H8O3. The standard InChI is InChI=1S/C12H8O3/c13-12-6-3-9-8-2-1-7-14-10(8)4-5-11(9)15-12/h1-6H,7H2. The zero-order chi connectivity index (χ0) is 10.3. The van der Waals surface area contributed by atoms with Crippen LogP contribution in [-0.2, 0) is 0 Å². The second-order valence-corrected chi connectivity index (χ2v) is 3.36. The molecule has 0 fully saturated rings. The molecule has 0 saturated carbocycles. The maximum atomic E-state index is 11.0. The molecule has 74 valence electrons. The molecule has 3 nitrogen and oxygen atoms in total. The average Bonchev–Trinajstić information content (AvgIpc) is 2.28. The Balaban J connectivity index is 2.43. The van der Waals surface area contributed by atoms with E-state index in [1.807, 2.05) is 18.2 Å². The first-order valence-corrected chi connectivity index (χ1v) is 4.71. The van der Waals surface area contributed by atoms with Crippen molar-refractivity contribution in [3.05, 3.63) is 46.3 Å². The zero-order valence-electron chi connectivity index (χ0n) is 7.90. The summed E-state index contributed by atoms with van der Waals surface area (Å²) in [6, 6.07) is 6.77. The average molecular weight is 200 g/mol. The third-order valence-electron chi connectivity index (χ3n) is 2.42. The van der Waals surface area contributed by atoms with Gasteiger partial charge in [-0.2, -0.15) is 0 Å². The van der Waals surface area contributed by atoms with Crippen LogP contribution in [0.3, 0.4) is 0 Å². The topological polar surface area (TPSA) is 39.4 Å². The third-order valence-corrected chi connectivity index (χ3v) is 2.42. The van der Waals surface area contributed by atoms with E-state index in [0.717, 1.165) is 16.7 Å². The Kier molecular flexibility index (Phi) is 1.65. The van der Waals surface area contributed by atoms with Crippen molar-refractivity contribution in [3.8, 4) is 5.75 Å². The van der Waals surface area contributed by atoms with Crippen molar-refractivity contribution >= 4 is 17.0 Å². The van der Waals surface area contributed by atoms with Crippen LogP contribution in [0.15, 0.2) is 39.6 Å². The van der Waals surface area contributed by atoms with Crippen LogP contribution in [0.1, 0.15) is 5.56 Å². The molecule has 15 heavy (non-hydrogen) atoms. The van der Waals surface area contributed by atoms with Crippen LogP contribution in [0, 0.1) is 0 Å². The SMILES string of the molecule is O=c1ccc2c3c(ccc2o1)OCC=C3. The minimum absolute atomic E-state index is 0.330. The summed E-state index contributed by atoms with van der Waals surface area (Å²) in [4.78, 5) is 11.0. The van der Waals surface area contributed by atoms with Gasteiger partial charge in [-0.25, -0.2) is 4.79 Å². The van der Waals surface area contributed by atoms with Gasteiger partial charge in [-0.15, -0.1) is 0 Å². The second kappa shape index (κ2) is 2.98. The van der Waals surface area contributed by atoms with Gasteiger partial charge in [-0.3, -0.25) is 0 Å². The van der Waals surface area contributed by atoms with Crippen molar-refractivity contribution in [2.75, 3.05) is 6.61 Å². The van der Waals surface area contributed by atoms with Gasteiger partial charge >= 0.3 is 5.63 Å². The normalized spacial score (nSPS) is 13.6. The number of hydrogen-bond acceptors (Lipinski definition) is 3. The molecule has 0 aliphatic carbocycles. The second-order valence-electron chi connectivity index (χ2n) is 3.36. The molecule has 1 aromatic heterocycles. The third kappa shape index (κ3) is 1.24. The Morgan fingerprint density at radius 2 is 2.07 bits per heavy atom. The Hall–Kier alpha value is -2.03. The highest BCUT2D eigenvalue weighted by Crippen LogP contribution is 2.30. The molecule has 1 aliphatic rings. The minimum Gasteiger partial charge on any atom is -0.489 e. The van der Waals surface area contributed by atoms with E-state index < -0.39 is 0 Å². The number of hydrogen-bond donors (Lipinski definition) is 0. The molecule has 1 aromatic carbocycles. The lowest BCUT2D eigenvalue weighted by molar-refractivity contribution is 0.359. The van der Waals surface area contributed by atoms with Gasteiger partial charge in [0.15, 0.2) is 0 Å². The molecule has 0 spiro atoms. The van der Waals surface area contributed by atoms with Crippen molar-refractivity contribution in [3.63, 3.8) is 0 Å². The summed E-state index contributed by atoms with van der Waals surface area (Å²) in [5.41, 5.74) is 1.24. The zero-order valence-corrected chi connectivity index (χ0v) is 7.90. The number of fused-ring (bicyclic) bond motifs is 3. The summed E-state index contributed by atoms with van der Waals surface area (Å²) in [6.07, 6.45) is 3.92. The van der Waals surface area contributed by atoms with Gasteiger partial charge in [-0.1, -0.05) is 6.08 Å². The van der Waals surface area contributed by atoms with Gasteiger partial charge in [-0.05, 0) is 24.3 Å². The minimum atomic E-state index is -0.330. The predicted molar refractivity (Wildman–Crippen MR) is 57.0 cm³/mol. The monoisotopic (exact) mass is 200 g/mol. The maximum Gasteiger partial charge on any atom is 0.336 e. The van der Waals surface area contributed by atoms with Crippen LogP contribution in [0.4, 0.5) is 0 Å². The van der Waals surface area contributed by atoms with Crippen molar-refractivity contribution < 1.29 is 9.15 Å². The number of ether oxygens (including phenoxy) is 1. The Bertz CT molecular complexity index is 608. The molecule has 2 heterocycles. The van der Waals surface area contributed by atoms with E-state index in [0.29, 0.717) is 12.2 Å². The lowest BCUT2D eigenvalue weighted by Crippen LogP contribution is -2.02. The van der Waals surface area contributed by atoms with E-state index in [1.54, 1.807) is 12.1 Å². The first-order chi connectivity index (χ1) is 7.34. The summed E-state index contributed by atoms with van der Waals surface area (Å²) in [6.45, 7) is 0.593. The van der Waals surface area contributed by atoms with Crippen LogP contribution in [0.5, 0.6) is 5.75 Å². The van der Waals surface area contributed by atoms with Crippen molar-refractivity contribution in [1.82, 2.24) is 0 Å². The molecule has 0 saturated heterocycles. The van der Waals surface area contributed by atoms with Gasteiger partial charge in [0, 0.05) is 17.0 Å². The first-order valence-electron chi connectivity index (χ1n) is 4.71. The number of rotatable bonds is 0. The maximum absolute atomic E-state index is 11.0. The quantitative estimate of drug-likeness (QED) is 0.612. The van der Waals surface area contributed by atoms with Crippen molar-refractivity contribution in [2.45, 2.75) is 0 Å². The van der Waals surface area contributed by atoms with Crippen LogP contribution in [0.25, 0.3) is 17.0 Å². The summed E-state index contributed by atoms with van der Waals surface area (Å²) >= 11 is 0. The van der Waals surface area contributed by atoms with Crippen LogP contribution in [-0.4, -0.2) is 6.61 Å². The van der Waals surface area contributed by atoms with E-state index >= 15 is 0 Å². The molecule has 3 rings (SSSR count). The molecule has 0 bridgehead atoms. The largest absolute Gasteiger partial charge is 0.489 e. The van der Waals surface area contributed by atoms with E-state index in [2.05, 4.69) is 0 Å². The fraction of sp³-hybridized carbons (Fsp3) is 0.0833. The fourth-order valence-electron chi connectivity index (χ4n) is 1.75. The predicted octanol–water partition coefficient (Wildman–Crippen LogP) is 2.20. The Morgan fingerprint density at radius 1 is 1.13 bits per heavy atom. The molecule has 1 aliphatic heterocycles. The van der Waals surface area contributed by atoms with Crippen LogP contribution >= 0.6 is 0 Å². The molecule has 0 radical (unpaired) electrons. The molecule has 0 N–H and O–H groups in total. The molecule has 0 unspecified atom stereocenters. The molecule has 3 heteroatoms. The highest BCUT2D eigenvalue weighted by Gasteiger charge is 2.10. The first kappa shape index (κ1) is 8.29. The lowest BCUT2D eigenvalue weighted by atomic mass is 10.1. The Morgan fingerprint density at radius 3 is 3.00 bits per heavy atom. The highest BCUT2D eigenvalue weighted by molar-refractivity contribution is 5.89. The summed E-state index contributed by atoms with van der Waals surface area (Å²) in [5.74, 6) is 0.832. The molecular weight excluding hydrogens is 192 g/mol. The molecule has 0 amide bonds. The number of benzene rings is 1. The van der Waals surface area contributed by atoms with E-state index in [9.17, 15) is 4.79 Å². The summed E-state index contributed by atoms with van der Waals surface area (Å²) in [7, 11) is 0. The summed E-state index contributed by atoms with van der Waals surface area (Å²) in [5, 5.41) is 0.906. The van der Waals surface area contributed by atoms with Gasteiger partial charge < -0.3 is 9.15 Å². The van der Waals surface area contributed by atoms with E-state index in [-0.39, 0.29) is 5.63 Å².